The van der Waals surface area contributed by atoms with Gasteiger partial charge in [0.2, 0.25) is 0 Å². The maximum absolute atomic E-state index is 6.29. The Bertz CT molecular complexity index is 1020. The molecule has 35 heavy (non-hydrogen) atoms. The first-order valence-corrected chi connectivity index (χ1v) is 12.6. The summed E-state index contributed by atoms with van der Waals surface area (Å²) in [5.41, 5.74) is 3.49. The molecule has 188 valence electrons. The summed E-state index contributed by atoms with van der Waals surface area (Å²) in [4.78, 5) is 0. The monoisotopic (exact) mass is 535 g/mol. The molecule has 0 aliphatic carbocycles. The van der Waals surface area contributed by atoms with Crippen molar-refractivity contribution in [2.24, 2.45) is 0 Å². The van der Waals surface area contributed by atoms with E-state index in [0.717, 1.165) is 37.2 Å². The highest BCUT2D eigenvalue weighted by molar-refractivity contribution is 6.42. The molecule has 1 N–H and O–H groups in total. The van der Waals surface area contributed by atoms with Crippen LogP contribution in [0.2, 0.25) is 10.0 Å². The zero-order valence-electron chi connectivity index (χ0n) is 19.6. The summed E-state index contributed by atoms with van der Waals surface area (Å²) < 4.78 is 17.9. The van der Waals surface area contributed by atoms with E-state index in [1.165, 1.54) is 11.1 Å². The number of piperidine rings is 1. The zero-order chi connectivity index (χ0) is 23.6. The van der Waals surface area contributed by atoms with Crippen LogP contribution in [0.5, 0.6) is 5.75 Å². The molecule has 0 bridgehead atoms. The summed E-state index contributed by atoms with van der Waals surface area (Å²) in [6, 6.07) is 24.3. The van der Waals surface area contributed by atoms with Gasteiger partial charge in [-0.1, -0.05) is 71.7 Å². The molecule has 0 radical (unpaired) electrons. The predicted molar refractivity (Wildman–Crippen MR) is 145 cm³/mol. The number of nitrogens with one attached hydrogen (secondary N) is 1. The third kappa shape index (κ3) is 8.68. The smallest absolute Gasteiger partial charge is 0.119 e. The van der Waals surface area contributed by atoms with E-state index in [9.17, 15) is 0 Å². The molecule has 3 aromatic carbocycles. The van der Waals surface area contributed by atoms with E-state index in [-0.39, 0.29) is 18.5 Å². The third-order valence-electron chi connectivity index (χ3n) is 6.00. The fourth-order valence-corrected chi connectivity index (χ4v) is 4.47. The Kier molecular flexibility index (Phi) is 11.7. The Morgan fingerprint density at radius 3 is 2.40 bits per heavy atom. The Morgan fingerprint density at radius 1 is 0.829 bits per heavy atom. The maximum Gasteiger partial charge on any atom is 0.119 e. The number of halogens is 3. The Labute approximate surface area is 224 Å². The number of rotatable bonds is 11. The van der Waals surface area contributed by atoms with Gasteiger partial charge in [0.15, 0.2) is 0 Å². The van der Waals surface area contributed by atoms with Crippen molar-refractivity contribution in [2.75, 3.05) is 26.3 Å². The number of ether oxygens (including phenoxy) is 3. The second-order valence-electron chi connectivity index (χ2n) is 8.51. The highest BCUT2D eigenvalue weighted by Crippen LogP contribution is 2.30. The largest absolute Gasteiger partial charge is 0.494 e. The molecular weight excluding hydrogens is 505 g/mol. The quantitative estimate of drug-likeness (QED) is 0.266. The lowest BCUT2D eigenvalue weighted by molar-refractivity contribution is 0.0106. The summed E-state index contributed by atoms with van der Waals surface area (Å²) in [5, 5.41) is 4.56. The molecule has 0 saturated carbocycles. The van der Waals surface area contributed by atoms with Crippen LogP contribution in [0.15, 0.2) is 72.8 Å². The Hall–Kier alpha value is -1.79. The lowest BCUT2D eigenvalue weighted by atomic mass is 9.87. The van der Waals surface area contributed by atoms with Crippen LogP contribution in [-0.4, -0.2) is 32.4 Å². The molecule has 4 nitrogen and oxygen atoms in total. The summed E-state index contributed by atoms with van der Waals surface area (Å²) in [6.07, 6.45) is 1.98. The van der Waals surface area contributed by atoms with E-state index >= 15 is 0 Å². The lowest BCUT2D eigenvalue weighted by Gasteiger charge is -2.32. The average Bonchev–Trinajstić information content (AvgIpc) is 2.88. The summed E-state index contributed by atoms with van der Waals surface area (Å²) in [6.45, 7) is 4.27. The van der Waals surface area contributed by atoms with Crippen LogP contribution >= 0.6 is 35.6 Å². The SMILES string of the molecule is Cl.Clc1ccc(COC2CNCCC2c2ccc(OCCCOCc3ccccc3)cc2)cc1Cl. The van der Waals surface area contributed by atoms with Gasteiger partial charge in [0.1, 0.15) is 5.75 Å². The minimum atomic E-state index is 0. The van der Waals surface area contributed by atoms with Gasteiger partial charge in [-0.2, -0.15) is 0 Å². The predicted octanol–water partition coefficient (Wildman–Crippen LogP) is 7.06. The van der Waals surface area contributed by atoms with Crippen molar-refractivity contribution in [2.45, 2.75) is 38.1 Å². The minimum Gasteiger partial charge on any atom is -0.494 e. The van der Waals surface area contributed by atoms with Gasteiger partial charge >= 0.3 is 0 Å². The first-order valence-electron chi connectivity index (χ1n) is 11.8. The molecule has 0 aromatic heterocycles. The second-order valence-corrected chi connectivity index (χ2v) is 9.32. The third-order valence-corrected chi connectivity index (χ3v) is 6.74. The zero-order valence-corrected chi connectivity index (χ0v) is 22.0. The second kappa shape index (κ2) is 14.7. The molecule has 0 amide bonds. The van der Waals surface area contributed by atoms with Crippen molar-refractivity contribution in [1.82, 2.24) is 5.32 Å². The molecule has 1 saturated heterocycles. The molecule has 0 spiro atoms. The van der Waals surface area contributed by atoms with Crippen molar-refractivity contribution in [3.8, 4) is 5.75 Å². The molecule has 1 aliphatic heterocycles. The number of hydrogen-bond donors (Lipinski definition) is 1. The summed E-state index contributed by atoms with van der Waals surface area (Å²) in [7, 11) is 0. The molecule has 1 heterocycles. The van der Waals surface area contributed by atoms with Gasteiger partial charge in [-0.15, -0.1) is 12.4 Å². The van der Waals surface area contributed by atoms with Crippen LogP contribution in [0.4, 0.5) is 0 Å². The van der Waals surface area contributed by atoms with Crippen LogP contribution < -0.4 is 10.1 Å². The molecule has 1 aliphatic rings. The molecule has 2 unspecified atom stereocenters. The van der Waals surface area contributed by atoms with Gasteiger partial charge in [0, 0.05) is 18.9 Å². The van der Waals surface area contributed by atoms with Crippen LogP contribution in [-0.2, 0) is 22.7 Å². The van der Waals surface area contributed by atoms with E-state index < -0.39 is 0 Å². The molecule has 4 rings (SSSR count). The van der Waals surface area contributed by atoms with E-state index in [0.29, 0.717) is 42.4 Å². The lowest BCUT2D eigenvalue weighted by Crippen LogP contribution is -2.40. The Balaban J connectivity index is 0.00000342. The van der Waals surface area contributed by atoms with Crippen molar-refractivity contribution < 1.29 is 14.2 Å². The molecular formula is C28H32Cl3NO3. The van der Waals surface area contributed by atoms with Crippen molar-refractivity contribution in [3.05, 3.63) is 99.5 Å². The van der Waals surface area contributed by atoms with E-state index in [1.807, 2.05) is 36.4 Å². The van der Waals surface area contributed by atoms with Crippen LogP contribution in [0.25, 0.3) is 0 Å². The van der Waals surface area contributed by atoms with Gasteiger partial charge < -0.3 is 19.5 Å². The van der Waals surface area contributed by atoms with Gasteiger partial charge in [-0.3, -0.25) is 0 Å². The average molecular weight is 537 g/mol. The van der Waals surface area contributed by atoms with E-state index in [2.05, 4.69) is 41.7 Å². The van der Waals surface area contributed by atoms with E-state index in [1.54, 1.807) is 0 Å². The van der Waals surface area contributed by atoms with Crippen molar-refractivity contribution in [1.29, 1.82) is 0 Å². The molecule has 2 atom stereocenters. The fourth-order valence-electron chi connectivity index (χ4n) is 4.15. The molecule has 7 heteroatoms. The minimum absolute atomic E-state index is 0. The molecule has 1 fully saturated rings. The van der Waals surface area contributed by atoms with Gasteiger partial charge in [-0.05, 0) is 53.9 Å². The first kappa shape index (κ1) is 27.8. The number of benzene rings is 3. The Morgan fingerprint density at radius 2 is 1.63 bits per heavy atom. The van der Waals surface area contributed by atoms with Crippen LogP contribution in [0, 0.1) is 0 Å². The van der Waals surface area contributed by atoms with E-state index in [4.69, 9.17) is 37.4 Å². The summed E-state index contributed by atoms with van der Waals surface area (Å²) >= 11 is 12.2. The normalized spacial score (nSPS) is 17.5. The van der Waals surface area contributed by atoms with Crippen LogP contribution in [0.3, 0.4) is 0 Å². The van der Waals surface area contributed by atoms with Gasteiger partial charge in [0.05, 0.1) is 42.6 Å². The fraction of sp³-hybridized carbons (Fsp3) is 0.357. The topological polar surface area (TPSA) is 39.7 Å². The maximum atomic E-state index is 6.29. The number of hydrogen-bond acceptors (Lipinski definition) is 4. The van der Waals surface area contributed by atoms with Gasteiger partial charge in [-0.25, -0.2) is 0 Å². The van der Waals surface area contributed by atoms with Crippen molar-refractivity contribution in [3.63, 3.8) is 0 Å². The highest BCUT2D eigenvalue weighted by atomic mass is 35.5. The van der Waals surface area contributed by atoms with Crippen LogP contribution in [0.1, 0.15) is 35.4 Å². The summed E-state index contributed by atoms with van der Waals surface area (Å²) in [5.74, 6) is 1.22. The van der Waals surface area contributed by atoms with Crippen molar-refractivity contribution >= 4 is 35.6 Å². The highest BCUT2D eigenvalue weighted by Gasteiger charge is 2.27. The molecule has 3 aromatic rings. The van der Waals surface area contributed by atoms with Gasteiger partial charge in [0.25, 0.3) is 0 Å². The first-order chi connectivity index (χ1) is 16.7. The standard InChI is InChI=1S/C28H31Cl2NO3.ClH/c29-26-12-7-22(17-27(26)30)20-34-28-18-31-14-13-25(28)23-8-10-24(11-9-23)33-16-4-15-32-19-21-5-2-1-3-6-21;/h1-3,5-12,17,25,28,31H,4,13-16,18-20H2;1H.